The van der Waals surface area contributed by atoms with Crippen LogP contribution >= 0.6 is 23.2 Å². The topological polar surface area (TPSA) is 105 Å². The van der Waals surface area contributed by atoms with Crippen molar-refractivity contribution in [1.82, 2.24) is 15.3 Å². The number of rotatable bonds is 11. The number of methoxy groups -OCH3 is 1. The van der Waals surface area contributed by atoms with E-state index in [9.17, 15) is 14.7 Å². The molecule has 0 aliphatic carbocycles. The van der Waals surface area contributed by atoms with Gasteiger partial charge in [-0.1, -0.05) is 65.7 Å². The van der Waals surface area contributed by atoms with Gasteiger partial charge in [-0.3, -0.25) is 4.79 Å². The van der Waals surface area contributed by atoms with E-state index < -0.39 is 17.9 Å². The Morgan fingerprint density at radius 1 is 0.975 bits per heavy atom. The fourth-order valence-electron chi connectivity index (χ4n) is 3.89. The Balaban J connectivity index is 1.46. The maximum atomic E-state index is 12.6. The Bertz CT molecular complexity index is 1460. The van der Waals surface area contributed by atoms with Crippen LogP contribution in [0.3, 0.4) is 0 Å². The fourth-order valence-corrected chi connectivity index (χ4v) is 4.46. The zero-order valence-electron chi connectivity index (χ0n) is 21.5. The Labute approximate surface area is 241 Å². The summed E-state index contributed by atoms with van der Waals surface area (Å²) >= 11 is 12.2. The van der Waals surface area contributed by atoms with E-state index in [-0.39, 0.29) is 22.0 Å². The molecular formula is C30H26Cl2N4O4. The molecule has 0 radical (unpaired) electrons. The van der Waals surface area contributed by atoms with Crippen molar-refractivity contribution in [3.05, 3.63) is 118 Å². The molecule has 4 aromatic rings. The van der Waals surface area contributed by atoms with Crippen LogP contribution in [0.4, 0.5) is 11.6 Å². The van der Waals surface area contributed by atoms with Crippen LogP contribution in [0.15, 0.2) is 91.3 Å². The number of hydrogen-bond acceptors (Lipinski definition) is 6. The lowest BCUT2D eigenvalue weighted by Gasteiger charge is -2.23. The minimum absolute atomic E-state index is 0.0400. The first-order valence-corrected chi connectivity index (χ1v) is 13.0. The molecule has 40 heavy (non-hydrogen) atoms. The molecule has 1 atom stereocenters. The highest BCUT2D eigenvalue weighted by Crippen LogP contribution is 2.26. The molecule has 4 rings (SSSR count). The third kappa shape index (κ3) is 7.37. The number of amides is 1. The molecule has 0 aliphatic heterocycles. The number of carboxylic acid groups (broad SMARTS) is 1. The van der Waals surface area contributed by atoms with Gasteiger partial charge in [0.05, 0.1) is 29.3 Å². The Kier molecular flexibility index (Phi) is 9.72. The highest BCUT2D eigenvalue weighted by Gasteiger charge is 2.22. The van der Waals surface area contributed by atoms with Crippen molar-refractivity contribution in [3.8, 4) is 5.75 Å². The van der Waals surface area contributed by atoms with E-state index in [4.69, 9.17) is 27.9 Å². The molecule has 0 spiro atoms. The number of ether oxygens (including phenoxy) is 1. The number of benzene rings is 3. The normalized spacial score (nSPS) is 11.7. The molecule has 1 amide bonds. The second kappa shape index (κ2) is 13.6. The minimum atomic E-state index is -1.17. The number of anilines is 2. The van der Waals surface area contributed by atoms with E-state index >= 15 is 0 Å². The number of nitrogens with one attached hydrogen (secondary N) is 1. The molecule has 0 saturated carbocycles. The summed E-state index contributed by atoms with van der Waals surface area (Å²) in [5, 5.41) is 12.4. The third-order valence-corrected chi connectivity index (χ3v) is 6.60. The molecule has 204 valence electrons. The zero-order chi connectivity index (χ0) is 28.5. The molecule has 3 aromatic carbocycles. The van der Waals surface area contributed by atoms with Gasteiger partial charge in [-0.15, -0.1) is 0 Å². The molecule has 1 aromatic heterocycles. The first-order valence-electron chi connectivity index (χ1n) is 12.3. The molecule has 0 bridgehead atoms. The van der Waals surface area contributed by atoms with Gasteiger partial charge in [0, 0.05) is 18.1 Å². The highest BCUT2D eigenvalue weighted by molar-refractivity contribution is 6.39. The van der Waals surface area contributed by atoms with Gasteiger partial charge < -0.3 is 20.1 Å². The van der Waals surface area contributed by atoms with Crippen molar-refractivity contribution >= 4 is 52.8 Å². The number of carbonyl (C=O) groups excluding carboxylic acids is 1. The van der Waals surface area contributed by atoms with Crippen LogP contribution in [-0.4, -0.2) is 40.1 Å². The molecular weight excluding hydrogens is 551 g/mol. The number of aliphatic carboxylic acids is 1. The van der Waals surface area contributed by atoms with Crippen molar-refractivity contribution in [2.45, 2.75) is 19.0 Å². The van der Waals surface area contributed by atoms with Crippen LogP contribution in [0.5, 0.6) is 5.75 Å². The van der Waals surface area contributed by atoms with E-state index in [1.54, 1.807) is 43.8 Å². The summed E-state index contributed by atoms with van der Waals surface area (Å²) in [5.41, 5.74) is 2.83. The van der Waals surface area contributed by atoms with Gasteiger partial charge in [-0.25, -0.2) is 14.8 Å². The van der Waals surface area contributed by atoms with Gasteiger partial charge in [0.1, 0.15) is 11.8 Å². The lowest BCUT2D eigenvalue weighted by molar-refractivity contribution is -0.139. The fraction of sp³-hybridized carbons (Fsp3) is 0.133. The van der Waals surface area contributed by atoms with E-state index in [1.807, 2.05) is 53.4 Å². The molecule has 0 aliphatic rings. The van der Waals surface area contributed by atoms with Crippen molar-refractivity contribution in [2.75, 3.05) is 12.0 Å². The van der Waals surface area contributed by atoms with Crippen LogP contribution in [0.2, 0.25) is 10.0 Å². The second-order valence-corrected chi connectivity index (χ2v) is 9.49. The first-order chi connectivity index (χ1) is 19.4. The van der Waals surface area contributed by atoms with E-state index in [1.165, 1.54) is 12.1 Å². The summed E-state index contributed by atoms with van der Waals surface area (Å²) in [6, 6.07) is 20.7. The standard InChI is InChI=1S/C30H26Cl2N4O4/c1-40-23-15-11-21(12-16-23)19-36(30-33-17-4-18-34-30)22-13-9-20(10-14-22)5-2-8-26(29(38)39)35-28(37)27-24(31)6-3-7-25(27)32/h2-7,9-18,26H,8,19H2,1H3,(H,35,37)(H,38,39). The minimum Gasteiger partial charge on any atom is -0.497 e. The number of halogens is 2. The van der Waals surface area contributed by atoms with Gasteiger partial charge in [0.25, 0.3) is 5.91 Å². The van der Waals surface area contributed by atoms with Crippen LogP contribution in [0.1, 0.15) is 27.9 Å². The molecule has 10 heteroatoms. The number of carbonyl (C=O) groups is 2. The zero-order valence-corrected chi connectivity index (χ0v) is 23.0. The molecule has 1 unspecified atom stereocenters. The van der Waals surface area contributed by atoms with Crippen molar-refractivity contribution in [3.63, 3.8) is 0 Å². The van der Waals surface area contributed by atoms with Crippen molar-refractivity contribution in [1.29, 1.82) is 0 Å². The van der Waals surface area contributed by atoms with Crippen molar-refractivity contribution < 1.29 is 19.4 Å². The summed E-state index contributed by atoms with van der Waals surface area (Å²) in [5.74, 6) is -0.491. The molecule has 0 saturated heterocycles. The van der Waals surface area contributed by atoms with Crippen LogP contribution < -0.4 is 15.0 Å². The summed E-state index contributed by atoms with van der Waals surface area (Å²) < 4.78 is 5.26. The number of carboxylic acids is 1. The highest BCUT2D eigenvalue weighted by atomic mass is 35.5. The van der Waals surface area contributed by atoms with E-state index in [0.717, 1.165) is 22.6 Å². The molecule has 2 N–H and O–H groups in total. The SMILES string of the molecule is COc1ccc(CN(c2ccc(C=CCC(NC(=O)c3c(Cl)cccc3Cl)C(=O)O)cc2)c2ncccn2)cc1. The predicted octanol–water partition coefficient (Wildman–Crippen LogP) is 6.42. The first kappa shape index (κ1) is 28.6. The van der Waals surface area contributed by atoms with Crippen LogP contribution in [-0.2, 0) is 11.3 Å². The number of aromatic nitrogens is 2. The van der Waals surface area contributed by atoms with Gasteiger partial charge in [0.2, 0.25) is 5.95 Å². The maximum Gasteiger partial charge on any atom is 0.326 e. The predicted molar refractivity (Wildman–Crippen MR) is 156 cm³/mol. The van der Waals surface area contributed by atoms with E-state index in [0.29, 0.717) is 12.5 Å². The second-order valence-electron chi connectivity index (χ2n) is 8.67. The third-order valence-electron chi connectivity index (χ3n) is 5.97. The van der Waals surface area contributed by atoms with Crippen molar-refractivity contribution in [2.24, 2.45) is 0 Å². The molecule has 8 nitrogen and oxygen atoms in total. The lowest BCUT2D eigenvalue weighted by Crippen LogP contribution is -2.40. The van der Waals surface area contributed by atoms with Gasteiger partial charge in [0.15, 0.2) is 0 Å². The maximum absolute atomic E-state index is 12.6. The number of nitrogens with zero attached hydrogens (tertiary/aromatic N) is 3. The summed E-state index contributed by atoms with van der Waals surface area (Å²) in [6.07, 6.45) is 6.93. The largest absolute Gasteiger partial charge is 0.497 e. The summed E-state index contributed by atoms with van der Waals surface area (Å²) in [4.78, 5) is 35.2. The van der Waals surface area contributed by atoms with Gasteiger partial charge in [-0.2, -0.15) is 0 Å². The van der Waals surface area contributed by atoms with E-state index in [2.05, 4.69) is 15.3 Å². The monoisotopic (exact) mass is 576 g/mol. The summed E-state index contributed by atoms with van der Waals surface area (Å²) in [7, 11) is 1.63. The Morgan fingerprint density at radius 2 is 1.62 bits per heavy atom. The summed E-state index contributed by atoms with van der Waals surface area (Å²) in [6.45, 7) is 0.540. The average molecular weight is 577 g/mol. The van der Waals surface area contributed by atoms with Gasteiger partial charge >= 0.3 is 5.97 Å². The average Bonchev–Trinajstić information content (AvgIpc) is 2.96. The van der Waals surface area contributed by atoms with Gasteiger partial charge in [-0.05, 0) is 60.0 Å². The smallest absolute Gasteiger partial charge is 0.326 e. The van der Waals surface area contributed by atoms with Crippen LogP contribution in [0.25, 0.3) is 6.08 Å². The molecule has 0 fully saturated rings. The Hall–Kier alpha value is -4.40. The quantitative estimate of drug-likeness (QED) is 0.212. The number of hydrogen-bond donors (Lipinski definition) is 2. The Morgan fingerprint density at radius 3 is 2.23 bits per heavy atom. The lowest BCUT2D eigenvalue weighted by atomic mass is 10.1. The molecule has 1 heterocycles. The van der Waals surface area contributed by atoms with Crippen LogP contribution in [0, 0.1) is 0 Å².